The van der Waals surface area contributed by atoms with E-state index in [1.54, 1.807) is 11.6 Å². The summed E-state index contributed by atoms with van der Waals surface area (Å²) in [6.45, 7) is 7.20. The Kier molecular flexibility index (Phi) is 4.56. The van der Waals surface area contributed by atoms with Crippen molar-refractivity contribution < 1.29 is 9.53 Å². The molecule has 0 atom stereocenters. The van der Waals surface area contributed by atoms with Crippen molar-refractivity contribution in [2.75, 3.05) is 6.61 Å². The van der Waals surface area contributed by atoms with Gasteiger partial charge in [-0.05, 0) is 35.4 Å². The lowest BCUT2D eigenvalue weighted by atomic mass is 10.2. The molecule has 0 aliphatic carbocycles. The Morgan fingerprint density at radius 1 is 1.67 bits per heavy atom. The predicted octanol–water partition coefficient (Wildman–Crippen LogP) is 2.32. The monoisotopic (exact) mass is 322 g/mol. The summed E-state index contributed by atoms with van der Waals surface area (Å²) < 4.78 is 7.54. The Morgan fingerprint density at radius 3 is 2.87 bits per heavy atom. The fraction of sp³-hybridized carbons (Fsp3) is 0.600. The second kappa shape index (κ2) is 5.48. The minimum atomic E-state index is -0.343. The zero-order chi connectivity index (χ0) is 11.4. The van der Waals surface area contributed by atoms with Crippen LogP contribution in [0.5, 0.6) is 0 Å². The minimum absolute atomic E-state index is 0.343. The van der Waals surface area contributed by atoms with Gasteiger partial charge in [-0.25, -0.2) is 4.79 Å². The molecule has 1 heterocycles. The van der Waals surface area contributed by atoms with E-state index in [2.05, 4.69) is 41.5 Å². The molecule has 1 aromatic rings. The number of nitrogens with zero attached hydrogens (tertiary/aromatic N) is 2. The first kappa shape index (κ1) is 12.5. The van der Waals surface area contributed by atoms with E-state index in [0.717, 1.165) is 10.1 Å². The SMILES string of the molecule is CCOC(=O)c1nn(CC(C)C)cc1I. The van der Waals surface area contributed by atoms with Gasteiger partial charge in [-0.2, -0.15) is 5.10 Å². The summed E-state index contributed by atoms with van der Waals surface area (Å²) in [6, 6.07) is 0. The number of aromatic nitrogens is 2. The quantitative estimate of drug-likeness (QED) is 0.631. The Morgan fingerprint density at radius 2 is 2.33 bits per heavy atom. The number of carbonyl (C=O) groups excluding carboxylic acids is 1. The van der Waals surface area contributed by atoms with Crippen LogP contribution >= 0.6 is 22.6 Å². The number of halogens is 1. The Bertz CT molecular complexity index is 347. The van der Waals surface area contributed by atoms with E-state index in [4.69, 9.17) is 4.74 Å². The van der Waals surface area contributed by atoms with Gasteiger partial charge in [-0.3, -0.25) is 4.68 Å². The summed E-state index contributed by atoms with van der Waals surface area (Å²) in [5.41, 5.74) is 0.415. The highest BCUT2D eigenvalue weighted by Gasteiger charge is 2.16. The second-order valence-electron chi connectivity index (χ2n) is 3.66. The maximum Gasteiger partial charge on any atom is 0.359 e. The van der Waals surface area contributed by atoms with E-state index in [1.165, 1.54) is 0 Å². The smallest absolute Gasteiger partial charge is 0.359 e. The average Bonchev–Trinajstić information content (AvgIpc) is 2.46. The number of carbonyl (C=O) groups is 1. The lowest BCUT2D eigenvalue weighted by molar-refractivity contribution is 0.0517. The molecule has 0 unspecified atom stereocenters. The minimum Gasteiger partial charge on any atom is -0.461 e. The molecule has 0 fully saturated rings. The van der Waals surface area contributed by atoms with Crippen molar-refractivity contribution >= 4 is 28.6 Å². The molecule has 0 amide bonds. The van der Waals surface area contributed by atoms with Crippen molar-refractivity contribution in [3.63, 3.8) is 0 Å². The Balaban J connectivity index is 2.81. The zero-order valence-corrected chi connectivity index (χ0v) is 11.3. The van der Waals surface area contributed by atoms with E-state index < -0.39 is 0 Å². The molecule has 0 aliphatic rings. The molecule has 0 spiro atoms. The van der Waals surface area contributed by atoms with Crippen LogP contribution in [0.25, 0.3) is 0 Å². The summed E-state index contributed by atoms with van der Waals surface area (Å²) >= 11 is 2.10. The standard InChI is InChI=1S/C10H15IN2O2/c1-4-15-10(14)9-8(11)6-13(12-9)5-7(2)3/h6-7H,4-5H2,1-3H3. The van der Waals surface area contributed by atoms with Gasteiger partial charge in [0.25, 0.3) is 0 Å². The van der Waals surface area contributed by atoms with Crippen LogP contribution in [-0.2, 0) is 11.3 Å². The molecule has 5 heteroatoms. The highest BCUT2D eigenvalue weighted by atomic mass is 127. The van der Waals surface area contributed by atoms with Crippen LogP contribution in [0.4, 0.5) is 0 Å². The average molecular weight is 322 g/mol. The first-order valence-corrected chi connectivity index (χ1v) is 6.02. The van der Waals surface area contributed by atoms with E-state index in [9.17, 15) is 4.79 Å². The summed E-state index contributed by atoms with van der Waals surface area (Å²) in [5, 5.41) is 4.20. The van der Waals surface area contributed by atoms with Crippen LogP contribution < -0.4 is 0 Å². The first-order valence-electron chi connectivity index (χ1n) is 4.94. The van der Waals surface area contributed by atoms with E-state index >= 15 is 0 Å². The molecular formula is C10H15IN2O2. The lowest BCUT2D eigenvalue weighted by Gasteiger charge is -2.03. The molecular weight excluding hydrogens is 307 g/mol. The number of hydrogen-bond donors (Lipinski definition) is 0. The Labute approximate surface area is 103 Å². The summed E-state index contributed by atoms with van der Waals surface area (Å²) in [7, 11) is 0. The second-order valence-corrected chi connectivity index (χ2v) is 4.82. The van der Waals surface area contributed by atoms with Crippen molar-refractivity contribution in [2.45, 2.75) is 27.3 Å². The molecule has 0 saturated heterocycles. The fourth-order valence-corrected chi connectivity index (χ4v) is 1.85. The van der Waals surface area contributed by atoms with Crippen molar-refractivity contribution in [3.8, 4) is 0 Å². The molecule has 15 heavy (non-hydrogen) atoms. The highest BCUT2D eigenvalue weighted by molar-refractivity contribution is 14.1. The Hall–Kier alpha value is -0.590. The normalized spacial score (nSPS) is 10.7. The number of hydrogen-bond acceptors (Lipinski definition) is 3. The van der Waals surface area contributed by atoms with Crippen molar-refractivity contribution in [1.82, 2.24) is 9.78 Å². The maximum atomic E-state index is 11.5. The van der Waals surface area contributed by atoms with Gasteiger partial charge in [-0.1, -0.05) is 13.8 Å². The third kappa shape index (κ3) is 3.48. The zero-order valence-electron chi connectivity index (χ0n) is 9.16. The van der Waals surface area contributed by atoms with Gasteiger partial charge < -0.3 is 4.74 Å². The third-order valence-corrected chi connectivity index (χ3v) is 2.53. The van der Waals surface area contributed by atoms with Crippen LogP contribution in [0.3, 0.4) is 0 Å². The van der Waals surface area contributed by atoms with Crippen LogP contribution in [0, 0.1) is 9.49 Å². The largest absolute Gasteiger partial charge is 0.461 e. The topological polar surface area (TPSA) is 44.1 Å². The molecule has 0 aromatic carbocycles. The molecule has 84 valence electrons. The van der Waals surface area contributed by atoms with Gasteiger partial charge in [0.15, 0.2) is 5.69 Å². The van der Waals surface area contributed by atoms with Gasteiger partial charge in [-0.15, -0.1) is 0 Å². The van der Waals surface area contributed by atoms with E-state index in [0.29, 0.717) is 18.2 Å². The summed E-state index contributed by atoms with van der Waals surface area (Å²) in [5.74, 6) is 0.167. The van der Waals surface area contributed by atoms with Gasteiger partial charge in [0.1, 0.15) is 0 Å². The molecule has 1 aromatic heterocycles. The van der Waals surface area contributed by atoms with Gasteiger partial charge >= 0.3 is 5.97 Å². The van der Waals surface area contributed by atoms with E-state index in [1.807, 2.05) is 6.20 Å². The first-order chi connectivity index (χ1) is 7.04. The molecule has 0 bridgehead atoms. The van der Waals surface area contributed by atoms with Crippen molar-refractivity contribution in [1.29, 1.82) is 0 Å². The summed E-state index contributed by atoms with van der Waals surface area (Å²) in [6.07, 6.45) is 1.87. The predicted molar refractivity (Wildman–Crippen MR) is 65.7 cm³/mol. The summed E-state index contributed by atoms with van der Waals surface area (Å²) in [4.78, 5) is 11.5. The lowest BCUT2D eigenvalue weighted by Crippen LogP contribution is -2.09. The molecule has 4 nitrogen and oxygen atoms in total. The van der Waals surface area contributed by atoms with Crippen LogP contribution in [0.15, 0.2) is 6.20 Å². The van der Waals surface area contributed by atoms with Gasteiger partial charge in [0.2, 0.25) is 0 Å². The molecule has 0 radical (unpaired) electrons. The van der Waals surface area contributed by atoms with Crippen molar-refractivity contribution in [3.05, 3.63) is 15.5 Å². The maximum absolute atomic E-state index is 11.5. The van der Waals surface area contributed by atoms with Gasteiger partial charge in [0, 0.05) is 12.7 Å². The highest BCUT2D eigenvalue weighted by Crippen LogP contribution is 2.12. The third-order valence-electron chi connectivity index (χ3n) is 1.74. The number of rotatable bonds is 4. The van der Waals surface area contributed by atoms with Crippen LogP contribution in [-0.4, -0.2) is 22.4 Å². The molecule has 0 aliphatic heterocycles. The fourth-order valence-electron chi connectivity index (χ4n) is 1.20. The van der Waals surface area contributed by atoms with Crippen LogP contribution in [0.1, 0.15) is 31.3 Å². The van der Waals surface area contributed by atoms with Crippen LogP contribution in [0.2, 0.25) is 0 Å². The number of ether oxygens (including phenoxy) is 1. The van der Waals surface area contributed by atoms with Gasteiger partial charge in [0.05, 0.1) is 10.2 Å². The molecule has 0 saturated carbocycles. The molecule has 1 rings (SSSR count). The van der Waals surface area contributed by atoms with Crippen molar-refractivity contribution in [2.24, 2.45) is 5.92 Å². The number of esters is 1. The van der Waals surface area contributed by atoms with E-state index in [-0.39, 0.29) is 5.97 Å². The molecule has 0 N–H and O–H groups in total.